The average molecular weight is 321 g/mol. The number of aryl methyl sites for hydroxylation is 1. The molecule has 0 aromatic carbocycles. The number of pyridine rings is 1. The summed E-state index contributed by atoms with van der Waals surface area (Å²) in [5, 5.41) is 0. The molecule has 0 saturated carbocycles. The molecule has 2 N–H and O–H groups in total. The maximum atomic E-state index is 12.5. The van der Waals surface area contributed by atoms with E-state index in [0.717, 1.165) is 29.1 Å². The molecule has 0 aliphatic heterocycles. The van der Waals surface area contributed by atoms with Crippen molar-refractivity contribution in [3.8, 4) is 5.69 Å². The first-order valence-corrected chi connectivity index (χ1v) is 7.97. The molecule has 0 fully saturated rings. The maximum Gasteiger partial charge on any atom is 0.165 e. The minimum absolute atomic E-state index is 0.0382. The van der Waals surface area contributed by atoms with Crippen LogP contribution in [0.1, 0.15) is 42.0 Å². The number of nitrogen functional groups attached to an aromatic ring is 1. The summed E-state index contributed by atoms with van der Waals surface area (Å²) in [7, 11) is 0. The number of aromatic nitrogens is 4. The van der Waals surface area contributed by atoms with Crippen LogP contribution in [-0.2, 0) is 6.42 Å². The highest BCUT2D eigenvalue weighted by Gasteiger charge is 2.34. The van der Waals surface area contributed by atoms with Crippen molar-refractivity contribution in [2.45, 2.75) is 33.6 Å². The van der Waals surface area contributed by atoms with Crippen LogP contribution in [0.2, 0.25) is 0 Å². The highest BCUT2D eigenvalue weighted by molar-refractivity contribution is 5.99. The highest BCUT2D eigenvalue weighted by atomic mass is 16.1. The molecule has 0 spiro atoms. The van der Waals surface area contributed by atoms with Crippen molar-refractivity contribution in [2.75, 3.05) is 5.73 Å². The van der Waals surface area contributed by atoms with Crippen LogP contribution in [0.4, 0.5) is 5.82 Å². The standard InChI is InChI=1S/C18H19N5O/c1-10-4-12-14(6-18(2,3)7-15(12)24)23(10)11-5-13-16(20-8-11)17(19)22-9-21-13/h4-5,8-9H,6-7H2,1-3H3,(H2,19,21,22). The zero-order valence-corrected chi connectivity index (χ0v) is 14.0. The van der Waals surface area contributed by atoms with Gasteiger partial charge in [-0.1, -0.05) is 13.8 Å². The second-order valence-corrected chi connectivity index (χ2v) is 7.24. The van der Waals surface area contributed by atoms with E-state index in [1.807, 2.05) is 19.1 Å². The van der Waals surface area contributed by atoms with Crippen molar-refractivity contribution in [3.05, 3.63) is 41.6 Å². The molecule has 0 saturated heterocycles. The first kappa shape index (κ1) is 14.8. The number of ketones is 1. The largest absolute Gasteiger partial charge is 0.382 e. The van der Waals surface area contributed by atoms with E-state index in [-0.39, 0.29) is 11.2 Å². The van der Waals surface area contributed by atoms with Gasteiger partial charge in [0.25, 0.3) is 0 Å². The van der Waals surface area contributed by atoms with Crippen molar-refractivity contribution in [3.63, 3.8) is 0 Å². The smallest absolute Gasteiger partial charge is 0.165 e. The summed E-state index contributed by atoms with van der Waals surface area (Å²) in [5.74, 6) is 0.581. The summed E-state index contributed by atoms with van der Waals surface area (Å²) >= 11 is 0. The monoisotopic (exact) mass is 321 g/mol. The van der Waals surface area contributed by atoms with Gasteiger partial charge >= 0.3 is 0 Å². The van der Waals surface area contributed by atoms with Crippen LogP contribution in [0, 0.1) is 12.3 Å². The van der Waals surface area contributed by atoms with Crippen LogP contribution in [0.15, 0.2) is 24.7 Å². The number of nitrogens with zero attached hydrogens (tertiary/aromatic N) is 4. The fraction of sp³-hybridized carbons (Fsp3) is 0.333. The minimum Gasteiger partial charge on any atom is -0.382 e. The number of carbonyl (C=O) groups is 1. The normalized spacial score (nSPS) is 16.4. The number of anilines is 1. The van der Waals surface area contributed by atoms with Gasteiger partial charge in [0.05, 0.1) is 17.4 Å². The quantitative estimate of drug-likeness (QED) is 0.744. The van der Waals surface area contributed by atoms with Crippen LogP contribution in [0.3, 0.4) is 0 Å². The Hall–Kier alpha value is -2.76. The predicted molar refractivity (Wildman–Crippen MR) is 92.2 cm³/mol. The van der Waals surface area contributed by atoms with E-state index in [4.69, 9.17) is 5.73 Å². The lowest BCUT2D eigenvalue weighted by Gasteiger charge is -2.29. The summed E-state index contributed by atoms with van der Waals surface area (Å²) < 4.78 is 2.11. The SMILES string of the molecule is Cc1cc2c(n1-c1cnc3c(N)ncnc3c1)CC(C)(C)CC2=O. The van der Waals surface area contributed by atoms with Crippen LogP contribution < -0.4 is 5.73 Å². The van der Waals surface area contributed by atoms with E-state index in [0.29, 0.717) is 23.3 Å². The van der Waals surface area contributed by atoms with Crippen LogP contribution in [0.25, 0.3) is 16.7 Å². The Balaban J connectivity index is 1.94. The molecule has 1 aliphatic carbocycles. The van der Waals surface area contributed by atoms with Crippen LogP contribution in [0.5, 0.6) is 0 Å². The number of rotatable bonds is 1. The van der Waals surface area contributed by atoms with E-state index < -0.39 is 0 Å². The molecule has 4 rings (SSSR count). The van der Waals surface area contributed by atoms with E-state index >= 15 is 0 Å². The van der Waals surface area contributed by atoms with Gasteiger partial charge in [-0.25, -0.2) is 15.0 Å². The molecule has 6 heteroatoms. The minimum atomic E-state index is -0.0382. The van der Waals surface area contributed by atoms with Crippen LogP contribution >= 0.6 is 0 Å². The summed E-state index contributed by atoms with van der Waals surface area (Å²) in [6, 6.07) is 3.92. The van der Waals surface area contributed by atoms with E-state index in [9.17, 15) is 4.79 Å². The number of nitrogens with two attached hydrogens (primary N) is 1. The molecule has 0 bridgehead atoms. The topological polar surface area (TPSA) is 86.7 Å². The number of fused-ring (bicyclic) bond motifs is 2. The third-order valence-corrected chi connectivity index (χ3v) is 4.62. The molecule has 3 aromatic rings. The number of hydrogen-bond donors (Lipinski definition) is 1. The lowest BCUT2D eigenvalue weighted by Crippen LogP contribution is -2.27. The summed E-state index contributed by atoms with van der Waals surface area (Å²) in [6.07, 6.45) is 4.64. The van der Waals surface area contributed by atoms with Gasteiger partial charge in [-0.2, -0.15) is 0 Å². The van der Waals surface area contributed by atoms with E-state index in [2.05, 4.69) is 33.4 Å². The molecule has 0 radical (unpaired) electrons. The first-order chi connectivity index (χ1) is 11.4. The lowest BCUT2D eigenvalue weighted by molar-refractivity contribution is 0.0911. The summed E-state index contributed by atoms with van der Waals surface area (Å²) in [5.41, 5.74) is 10.9. The average Bonchev–Trinajstić information content (AvgIpc) is 2.82. The van der Waals surface area contributed by atoms with Crippen molar-refractivity contribution < 1.29 is 4.79 Å². The van der Waals surface area contributed by atoms with Gasteiger partial charge in [-0.15, -0.1) is 0 Å². The van der Waals surface area contributed by atoms with Crippen LogP contribution in [-0.4, -0.2) is 25.3 Å². The third kappa shape index (κ3) is 2.18. The summed E-state index contributed by atoms with van der Waals surface area (Å²) in [6.45, 7) is 6.28. The first-order valence-electron chi connectivity index (χ1n) is 7.97. The van der Waals surface area contributed by atoms with Crippen molar-refractivity contribution in [2.24, 2.45) is 5.41 Å². The maximum absolute atomic E-state index is 12.5. The second-order valence-electron chi connectivity index (χ2n) is 7.24. The molecule has 1 aliphatic rings. The lowest BCUT2D eigenvalue weighted by atomic mass is 9.76. The van der Waals surface area contributed by atoms with Gasteiger partial charge < -0.3 is 10.3 Å². The predicted octanol–water partition coefficient (Wildman–Crippen LogP) is 2.86. The van der Waals surface area contributed by atoms with Crippen molar-refractivity contribution in [1.82, 2.24) is 19.5 Å². The molecule has 3 aromatic heterocycles. The fourth-order valence-corrected chi connectivity index (χ4v) is 3.59. The van der Waals surface area contributed by atoms with E-state index in [1.165, 1.54) is 6.33 Å². The van der Waals surface area contributed by atoms with Gasteiger partial charge in [0.15, 0.2) is 11.6 Å². The number of hydrogen-bond acceptors (Lipinski definition) is 5. The molecular formula is C18H19N5O. The van der Waals surface area contributed by atoms with Crippen molar-refractivity contribution >= 4 is 22.6 Å². The van der Waals surface area contributed by atoms with Gasteiger partial charge in [0, 0.05) is 23.4 Å². The Morgan fingerprint density at radius 1 is 1.17 bits per heavy atom. The van der Waals surface area contributed by atoms with Gasteiger partial charge in [0.2, 0.25) is 0 Å². The Kier molecular flexibility index (Phi) is 3.00. The highest BCUT2D eigenvalue weighted by Crippen LogP contribution is 2.37. The Bertz CT molecular complexity index is 986. The van der Waals surface area contributed by atoms with Gasteiger partial charge in [0.1, 0.15) is 11.8 Å². The molecule has 0 amide bonds. The molecule has 24 heavy (non-hydrogen) atoms. The zero-order valence-electron chi connectivity index (χ0n) is 14.0. The Morgan fingerprint density at radius 2 is 1.96 bits per heavy atom. The molecule has 122 valence electrons. The number of carbonyl (C=O) groups excluding carboxylic acids is 1. The number of Topliss-reactive ketones (excluding diaryl/α,β-unsaturated/α-hetero) is 1. The van der Waals surface area contributed by atoms with Crippen molar-refractivity contribution in [1.29, 1.82) is 0 Å². The molecular weight excluding hydrogens is 302 g/mol. The summed E-state index contributed by atoms with van der Waals surface area (Å²) in [4.78, 5) is 25.1. The Morgan fingerprint density at radius 3 is 2.75 bits per heavy atom. The molecule has 6 nitrogen and oxygen atoms in total. The Labute approximate surface area is 139 Å². The van der Waals surface area contributed by atoms with Gasteiger partial charge in [-0.3, -0.25) is 4.79 Å². The second kappa shape index (κ2) is 4.87. The fourth-order valence-electron chi connectivity index (χ4n) is 3.59. The molecule has 0 unspecified atom stereocenters. The van der Waals surface area contributed by atoms with E-state index in [1.54, 1.807) is 6.20 Å². The zero-order chi connectivity index (χ0) is 17.1. The third-order valence-electron chi connectivity index (χ3n) is 4.62. The molecule has 0 atom stereocenters. The van der Waals surface area contributed by atoms with Gasteiger partial charge in [-0.05, 0) is 30.9 Å². The molecule has 3 heterocycles.